The van der Waals surface area contributed by atoms with Gasteiger partial charge < -0.3 is 4.74 Å². The highest BCUT2D eigenvalue weighted by Crippen LogP contribution is 2.10. The number of rotatable bonds is 4. The molecule has 2 aromatic rings. The molecular formula is C16H14O3. The second-order valence-electron chi connectivity index (χ2n) is 4.16. The molecule has 19 heavy (non-hydrogen) atoms. The number of esters is 1. The van der Waals surface area contributed by atoms with E-state index in [0.29, 0.717) is 17.5 Å². The van der Waals surface area contributed by atoms with Gasteiger partial charge in [-0.2, -0.15) is 0 Å². The molecule has 0 bridgehead atoms. The SMILES string of the molecule is COC(=O)c1cccc(C(=O)Cc2ccccc2)c1. The Bertz CT molecular complexity index is 588. The van der Waals surface area contributed by atoms with Gasteiger partial charge in [-0.3, -0.25) is 4.79 Å². The zero-order valence-electron chi connectivity index (χ0n) is 10.6. The van der Waals surface area contributed by atoms with E-state index < -0.39 is 5.97 Å². The summed E-state index contributed by atoms with van der Waals surface area (Å²) in [5, 5.41) is 0. The maximum Gasteiger partial charge on any atom is 0.337 e. The van der Waals surface area contributed by atoms with Crippen molar-refractivity contribution in [1.29, 1.82) is 0 Å². The van der Waals surface area contributed by atoms with E-state index in [4.69, 9.17) is 0 Å². The first-order valence-corrected chi connectivity index (χ1v) is 5.96. The van der Waals surface area contributed by atoms with Gasteiger partial charge in [-0.1, -0.05) is 42.5 Å². The summed E-state index contributed by atoms with van der Waals surface area (Å²) in [6.07, 6.45) is 0.325. The molecule has 0 saturated heterocycles. The average Bonchev–Trinajstić information content (AvgIpc) is 2.47. The molecule has 3 heteroatoms. The monoisotopic (exact) mass is 254 g/mol. The van der Waals surface area contributed by atoms with Crippen LogP contribution < -0.4 is 0 Å². The van der Waals surface area contributed by atoms with Crippen molar-refractivity contribution >= 4 is 11.8 Å². The minimum Gasteiger partial charge on any atom is -0.465 e. The summed E-state index contributed by atoms with van der Waals surface area (Å²) in [5.74, 6) is -0.452. The van der Waals surface area contributed by atoms with Gasteiger partial charge in [0.2, 0.25) is 0 Å². The Balaban J connectivity index is 2.18. The van der Waals surface area contributed by atoms with Crippen LogP contribution in [0.25, 0.3) is 0 Å². The first-order valence-electron chi connectivity index (χ1n) is 5.96. The quantitative estimate of drug-likeness (QED) is 0.622. The third kappa shape index (κ3) is 3.28. The van der Waals surface area contributed by atoms with Crippen LogP contribution in [0.1, 0.15) is 26.3 Å². The third-order valence-corrected chi connectivity index (χ3v) is 2.81. The van der Waals surface area contributed by atoms with Crippen molar-refractivity contribution in [2.24, 2.45) is 0 Å². The number of hydrogen-bond acceptors (Lipinski definition) is 3. The van der Waals surface area contributed by atoms with Crippen LogP contribution in [0, 0.1) is 0 Å². The van der Waals surface area contributed by atoms with E-state index in [9.17, 15) is 9.59 Å². The predicted molar refractivity (Wildman–Crippen MR) is 72.3 cm³/mol. The van der Waals surface area contributed by atoms with E-state index in [-0.39, 0.29) is 5.78 Å². The highest BCUT2D eigenvalue weighted by atomic mass is 16.5. The number of methoxy groups -OCH3 is 1. The van der Waals surface area contributed by atoms with Gasteiger partial charge in [-0.25, -0.2) is 4.79 Å². The maximum atomic E-state index is 12.1. The third-order valence-electron chi connectivity index (χ3n) is 2.81. The van der Waals surface area contributed by atoms with Gasteiger partial charge in [-0.05, 0) is 17.7 Å². The van der Waals surface area contributed by atoms with Crippen molar-refractivity contribution in [1.82, 2.24) is 0 Å². The smallest absolute Gasteiger partial charge is 0.337 e. The first-order chi connectivity index (χ1) is 9.20. The van der Waals surface area contributed by atoms with Crippen LogP contribution in [0.5, 0.6) is 0 Å². The summed E-state index contributed by atoms with van der Waals surface area (Å²) < 4.78 is 4.64. The van der Waals surface area contributed by atoms with E-state index in [1.165, 1.54) is 7.11 Å². The van der Waals surface area contributed by atoms with Crippen LogP contribution in [0.4, 0.5) is 0 Å². The van der Waals surface area contributed by atoms with Crippen LogP contribution in [0.2, 0.25) is 0 Å². The fourth-order valence-corrected chi connectivity index (χ4v) is 1.82. The Hall–Kier alpha value is -2.42. The molecule has 0 aliphatic heterocycles. The van der Waals surface area contributed by atoms with Gasteiger partial charge >= 0.3 is 5.97 Å². The largest absolute Gasteiger partial charge is 0.465 e. The van der Waals surface area contributed by atoms with Crippen LogP contribution in [-0.2, 0) is 11.2 Å². The van der Waals surface area contributed by atoms with Crippen molar-refractivity contribution in [3.05, 3.63) is 71.3 Å². The van der Waals surface area contributed by atoms with E-state index >= 15 is 0 Å². The molecular weight excluding hydrogens is 240 g/mol. The zero-order valence-corrected chi connectivity index (χ0v) is 10.6. The van der Waals surface area contributed by atoms with Gasteiger partial charge in [0.1, 0.15) is 0 Å². The second-order valence-corrected chi connectivity index (χ2v) is 4.16. The van der Waals surface area contributed by atoms with Gasteiger partial charge in [0.25, 0.3) is 0 Å². The number of hydrogen-bond donors (Lipinski definition) is 0. The second kappa shape index (κ2) is 5.96. The molecule has 0 atom stereocenters. The number of carbonyl (C=O) groups is 2. The highest BCUT2D eigenvalue weighted by molar-refractivity contribution is 6.00. The summed E-state index contributed by atoms with van der Waals surface area (Å²) in [4.78, 5) is 23.5. The lowest BCUT2D eigenvalue weighted by molar-refractivity contribution is 0.0600. The molecule has 0 aromatic heterocycles. The Morgan fingerprint density at radius 2 is 1.63 bits per heavy atom. The fraction of sp³-hybridized carbons (Fsp3) is 0.125. The molecule has 0 amide bonds. The van der Waals surface area contributed by atoms with Gasteiger partial charge in [0, 0.05) is 12.0 Å². The number of ketones is 1. The lowest BCUT2D eigenvalue weighted by atomic mass is 10.0. The Morgan fingerprint density at radius 3 is 2.32 bits per heavy atom. The molecule has 0 aliphatic rings. The standard InChI is InChI=1S/C16H14O3/c1-19-16(18)14-9-5-8-13(11-14)15(17)10-12-6-3-2-4-7-12/h2-9,11H,10H2,1H3. The minimum absolute atomic E-state index is 0.0167. The number of Topliss-reactive ketones (excluding diaryl/α,β-unsaturated/α-hetero) is 1. The van der Waals surface area contributed by atoms with Crippen LogP contribution in [0.3, 0.4) is 0 Å². The van der Waals surface area contributed by atoms with Gasteiger partial charge in [0.05, 0.1) is 12.7 Å². The summed E-state index contributed by atoms with van der Waals surface area (Å²) in [6, 6.07) is 16.1. The van der Waals surface area contributed by atoms with Crippen molar-refractivity contribution in [3.63, 3.8) is 0 Å². The van der Waals surface area contributed by atoms with E-state index in [0.717, 1.165) is 5.56 Å². The molecule has 0 heterocycles. The maximum absolute atomic E-state index is 12.1. The Morgan fingerprint density at radius 1 is 0.947 bits per heavy atom. The molecule has 0 fully saturated rings. The number of carbonyl (C=O) groups excluding carboxylic acids is 2. The molecule has 0 aliphatic carbocycles. The van der Waals surface area contributed by atoms with Crippen molar-refractivity contribution < 1.29 is 14.3 Å². The van der Waals surface area contributed by atoms with Gasteiger partial charge in [-0.15, -0.1) is 0 Å². The minimum atomic E-state index is -0.436. The first kappa shape index (κ1) is 13.0. The topological polar surface area (TPSA) is 43.4 Å². The Labute approximate surface area is 111 Å². The molecule has 96 valence electrons. The van der Waals surface area contributed by atoms with E-state index in [1.54, 1.807) is 24.3 Å². The summed E-state index contributed by atoms with van der Waals surface area (Å²) >= 11 is 0. The van der Waals surface area contributed by atoms with Crippen molar-refractivity contribution in [2.75, 3.05) is 7.11 Å². The fourth-order valence-electron chi connectivity index (χ4n) is 1.82. The lowest BCUT2D eigenvalue weighted by Gasteiger charge is -2.04. The van der Waals surface area contributed by atoms with E-state index in [1.807, 2.05) is 30.3 Å². The van der Waals surface area contributed by atoms with Crippen LogP contribution in [-0.4, -0.2) is 18.9 Å². The summed E-state index contributed by atoms with van der Waals surface area (Å²) in [7, 11) is 1.32. The summed E-state index contributed by atoms with van der Waals surface area (Å²) in [5.41, 5.74) is 1.86. The molecule has 3 nitrogen and oxygen atoms in total. The lowest BCUT2D eigenvalue weighted by Crippen LogP contribution is -2.07. The zero-order chi connectivity index (χ0) is 13.7. The number of benzene rings is 2. The predicted octanol–water partition coefficient (Wildman–Crippen LogP) is 2.90. The van der Waals surface area contributed by atoms with Crippen LogP contribution in [0.15, 0.2) is 54.6 Å². The molecule has 0 spiro atoms. The van der Waals surface area contributed by atoms with E-state index in [2.05, 4.69) is 4.74 Å². The molecule has 0 radical (unpaired) electrons. The highest BCUT2D eigenvalue weighted by Gasteiger charge is 2.11. The molecule has 2 rings (SSSR count). The normalized spacial score (nSPS) is 9.95. The van der Waals surface area contributed by atoms with Crippen molar-refractivity contribution in [2.45, 2.75) is 6.42 Å². The average molecular weight is 254 g/mol. The summed E-state index contributed by atoms with van der Waals surface area (Å²) in [6.45, 7) is 0. The van der Waals surface area contributed by atoms with Crippen molar-refractivity contribution in [3.8, 4) is 0 Å². The molecule has 0 N–H and O–H groups in total. The molecule has 0 saturated carbocycles. The molecule has 2 aromatic carbocycles. The Kier molecular flexibility index (Phi) is 4.08. The van der Waals surface area contributed by atoms with Gasteiger partial charge in [0.15, 0.2) is 5.78 Å². The molecule has 0 unspecified atom stereocenters. The van der Waals surface area contributed by atoms with Crippen LogP contribution >= 0.6 is 0 Å². The number of ether oxygens (including phenoxy) is 1.